The van der Waals surface area contributed by atoms with Crippen molar-refractivity contribution in [3.05, 3.63) is 45.4 Å². The highest BCUT2D eigenvalue weighted by Crippen LogP contribution is 2.27. The average molecular weight is 263 g/mol. The molecule has 1 aromatic heterocycles. The molecule has 18 heavy (non-hydrogen) atoms. The van der Waals surface area contributed by atoms with Crippen molar-refractivity contribution in [2.24, 2.45) is 0 Å². The van der Waals surface area contributed by atoms with Gasteiger partial charge in [0.2, 0.25) is 0 Å². The quantitative estimate of drug-likeness (QED) is 0.919. The van der Waals surface area contributed by atoms with Gasteiger partial charge in [-0.15, -0.1) is 11.3 Å². The van der Waals surface area contributed by atoms with E-state index in [-0.39, 0.29) is 0 Å². The maximum Gasteiger partial charge on any atom is 0.125 e. The third-order valence-electron chi connectivity index (χ3n) is 2.65. The number of rotatable bonds is 4. The van der Waals surface area contributed by atoms with Crippen molar-refractivity contribution in [2.75, 3.05) is 0 Å². The SMILES string of the molecule is Cc1ccc(OCc2cnc(C)s2)c(C(C)O)c1. The van der Waals surface area contributed by atoms with Crippen molar-refractivity contribution in [3.63, 3.8) is 0 Å². The smallest absolute Gasteiger partial charge is 0.125 e. The molecule has 3 nitrogen and oxygen atoms in total. The Labute approximate surface area is 111 Å². The zero-order valence-corrected chi connectivity index (χ0v) is 11.6. The van der Waals surface area contributed by atoms with Gasteiger partial charge < -0.3 is 9.84 Å². The molecule has 2 rings (SSSR count). The van der Waals surface area contributed by atoms with Gasteiger partial charge in [-0.3, -0.25) is 0 Å². The maximum absolute atomic E-state index is 9.74. The van der Waals surface area contributed by atoms with Crippen LogP contribution in [0.5, 0.6) is 5.75 Å². The zero-order valence-electron chi connectivity index (χ0n) is 10.8. The van der Waals surface area contributed by atoms with Gasteiger partial charge in [0.1, 0.15) is 12.4 Å². The second-order valence-corrected chi connectivity index (χ2v) is 5.67. The van der Waals surface area contributed by atoms with Crippen LogP contribution in [0.4, 0.5) is 0 Å². The summed E-state index contributed by atoms with van der Waals surface area (Å²) in [6.45, 7) is 6.22. The molecule has 0 fully saturated rings. The molecule has 1 heterocycles. The molecule has 0 aliphatic rings. The molecule has 1 N–H and O–H groups in total. The standard InChI is InChI=1S/C14H17NO2S/c1-9-4-5-14(13(6-9)10(2)16)17-8-12-7-15-11(3)18-12/h4-7,10,16H,8H2,1-3H3. The summed E-state index contributed by atoms with van der Waals surface area (Å²) in [6.07, 6.45) is 1.30. The van der Waals surface area contributed by atoms with Gasteiger partial charge in [0.05, 0.1) is 16.0 Å². The van der Waals surface area contributed by atoms with Gasteiger partial charge in [-0.25, -0.2) is 4.98 Å². The first kappa shape index (κ1) is 13.1. The Hall–Kier alpha value is -1.39. The highest BCUT2D eigenvalue weighted by atomic mass is 32.1. The van der Waals surface area contributed by atoms with E-state index in [0.29, 0.717) is 6.61 Å². The fraction of sp³-hybridized carbons (Fsp3) is 0.357. The van der Waals surface area contributed by atoms with Crippen LogP contribution in [0.25, 0.3) is 0 Å². The molecule has 96 valence electrons. The minimum atomic E-state index is -0.525. The molecule has 1 unspecified atom stereocenters. The van der Waals surface area contributed by atoms with E-state index in [1.54, 1.807) is 18.3 Å². The van der Waals surface area contributed by atoms with Gasteiger partial charge in [-0.05, 0) is 32.9 Å². The van der Waals surface area contributed by atoms with Gasteiger partial charge >= 0.3 is 0 Å². The molecule has 0 aliphatic heterocycles. The molecule has 1 aromatic carbocycles. The zero-order chi connectivity index (χ0) is 13.1. The number of hydrogen-bond donors (Lipinski definition) is 1. The fourth-order valence-corrected chi connectivity index (χ4v) is 2.45. The van der Waals surface area contributed by atoms with Crippen molar-refractivity contribution in [1.29, 1.82) is 0 Å². The van der Waals surface area contributed by atoms with Crippen LogP contribution in [-0.2, 0) is 6.61 Å². The molecule has 0 saturated heterocycles. The summed E-state index contributed by atoms with van der Waals surface area (Å²) >= 11 is 1.63. The normalized spacial score (nSPS) is 12.4. The summed E-state index contributed by atoms with van der Waals surface area (Å²) < 4.78 is 5.76. The Morgan fingerprint density at radius 1 is 1.39 bits per heavy atom. The summed E-state index contributed by atoms with van der Waals surface area (Å²) in [5.41, 5.74) is 1.95. The van der Waals surface area contributed by atoms with Gasteiger partial charge in [0.25, 0.3) is 0 Å². The molecule has 2 aromatic rings. The van der Waals surface area contributed by atoms with Crippen LogP contribution in [0.2, 0.25) is 0 Å². The number of aliphatic hydroxyl groups excluding tert-OH is 1. The van der Waals surface area contributed by atoms with Crippen molar-refractivity contribution < 1.29 is 9.84 Å². The number of nitrogens with zero attached hydrogens (tertiary/aromatic N) is 1. The van der Waals surface area contributed by atoms with E-state index in [0.717, 1.165) is 26.8 Å². The van der Waals surface area contributed by atoms with E-state index in [1.807, 2.05) is 38.2 Å². The Kier molecular flexibility index (Phi) is 3.99. The van der Waals surface area contributed by atoms with Crippen LogP contribution in [0, 0.1) is 13.8 Å². The van der Waals surface area contributed by atoms with E-state index in [4.69, 9.17) is 4.74 Å². The number of ether oxygens (including phenoxy) is 1. The van der Waals surface area contributed by atoms with Gasteiger partial charge in [-0.2, -0.15) is 0 Å². The van der Waals surface area contributed by atoms with E-state index in [9.17, 15) is 5.11 Å². The lowest BCUT2D eigenvalue weighted by molar-refractivity contribution is 0.190. The second-order valence-electron chi connectivity index (χ2n) is 4.35. The van der Waals surface area contributed by atoms with Crippen molar-refractivity contribution in [1.82, 2.24) is 4.98 Å². The Morgan fingerprint density at radius 2 is 2.17 bits per heavy atom. The first-order valence-corrected chi connectivity index (χ1v) is 6.70. The first-order chi connectivity index (χ1) is 8.56. The Balaban J connectivity index is 2.13. The highest BCUT2D eigenvalue weighted by molar-refractivity contribution is 7.11. The summed E-state index contributed by atoms with van der Waals surface area (Å²) in [5, 5.41) is 10.8. The van der Waals surface area contributed by atoms with Crippen molar-refractivity contribution >= 4 is 11.3 Å². The van der Waals surface area contributed by atoms with E-state index >= 15 is 0 Å². The number of aliphatic hydroxyl groups is 1. The Bertz CT molecular complexity index is 534. The predicted octanol–water partition coefficient (Wildman–Crippen LogP) is 3.39. The largest absolute Gasteiger partial charge is 0.488 e. The van der Waals surface area contributed by atoms with Crippen LogP contribution in [0.15, 0.2) is 24.4 Å². The van der Waals surface area contributed by atoms with Crippen molar-refractivity contribution in [3.8, 4) is 5.75 Å². The Morgan fingerprint density at radius 3 is 2.78 bits per heavy atom. The topological polar surface area (TPSA) is 42.4 Å². The number of thiazole rings is 1. The average Bonchev–Trinajstić information content (AvgIpc) is 2.73. The van der Waals surface area contributed by atoms with Crippen LogP contribution < -0.4 is 4.74 Å². The molecule has 4 heteroatoms. The molecule has 0 saturated carbocycles. The number of aromatic nitrogens is 1. The monoisotopic (exact) mass is 263 g/mol. The molecular weight excluding hydrogens is 246 g/mol. The number of hydrogen-bond acceptors (Lipinski definition) is 4. The van der Waals surface area contributed by atoms with Crippen LogP contribution >= 0.6 is 11.3 Å². The predicted molar refractivity (Wildman–Crippen MR) is 73.0 cm³/mol. The third-order valence-corrected chi connectivity index (χ3v) is 3.54. The van der Waals surface area contributed by atoms with Crippen LogP contribution in [0.3, 0.4) is 0 Å². The molecule has 1 atom stereocenters. The van der Waals surface area contributed by atoms with Crippen molar-refractivity contribution in [2.45, 2.75) is 33.5 Å². The summed E-state index contributed by atoms with van der Waals surface area (Å²) in [7, 11) is 0. The minimum Gasteiger partial charge on any atom is -0.488 e. The lowest BCUT2D eigenvalue weighted by atomic mass is 10.1. The lowest BCUT2D eigenvalue weighted by Crippen LogP contribution is -2.00. The van der Waals surface area contributed by atoms with E-state index in [2.05, 4.69) is 4.98 Å². The molecule has 0 radical (unpaired) electrons. The summed E-state index contributed by atoms with van der Waals surface area (Å²) in [6, 6.07) is 5.85. The summed E-state index contributed by atoms with van der Waals surface area (Å²) in [4.78, 5) is 5.28. The number of benzene rings is 1. The second kappa shape index (κ2) is 5.50. The van der Waals surface area contributed by atoms with Gasteiger partial charge in [0, 0.05) is 11.8 Å². The molecule has 0 amide bonds. The molecule has 0 bridgehead atoms. The van der Waals surface area contributed by atoms with Crippen LogP contribution in [-0.4, -0.2) is 10.1 Å². The van der Waals surface area contributed by atoms with E-state index in [1.165, 1.54) is 0 Å². The molecular formula is C14H17NO2S. The van der Waals surface area contributed by atoms with E-state index < -0.39 is 6.10 Å². The van der Waals surface area contributed by atoms with Gasteiger partial charge in [0.15, 0.2) is 0 Å². The molecule has 0 aliphatic carbocycles. The lowest BCUT2D eigenvalue weighted by Gasteiger charge is -2.13. The fourth-order valence-electron chi connectivity index (χ4n) is 1.75. The third kappa shape index (κ3) is 3.09. The maximum atomic E-state index is 9.74. The summed E-state index contributed by atoms with van der Waals surface area (Å²) in [5.74, 6) is 0.738. The highest BCUT2D eigenvalue weighted by Gasteiger charge is 2.10. The first-order valence-electron chi connectivity index (χ1n) is 5.89. The molecule has 0 spiro atoms. The van der Waals surface area contributed by atoms with Crippen LogP contribution in [0.1, 0.15) is 34.0 Å². The number of aryl methyl sites for hydroxylation is 2. The minimum absolute atomic E-state index is 0.494. The van der Waals surface area contributed by atoms with Gasteiger partial charge in [-0.1, -0.05) is 11.6 Å².